The minimum Gasteiger partial charge on any atom is -0.480 e. The maximum Gasteiger partial charge on any atom is 0.323 e. The number of carboxylic acids is 1. The molecule has 0 aliphatic rings. The molecule has 0 saturated carbocycles. The fourth-order valence-corrected chi connectivity index (χ4v) is 1.69. The summed E-state index contributed by atoms with van der Waals surface area (Å²) < 4.78 is 0. The molecule has 1 rings (SSSR count). The third-order valence-corrected chi connectivity index (χ3v) is 3.51. The van der Waals surface area contributed by atoms with E-state index in [0.717, 1.165) is 5.56 Å². The molecule has 0 heterocycles. The third-order valence-electron chi connectivity index (χ3n) is 3.51. The number of hydrogen-bond donors (Lipinski definition) is 1. The first-order valence-corrected chi connectivity index (χ1v) is 5.77. The normalized spacial score (nSPS) is 13.1. The Hall–Kier alpha value is -1.86. The van der Waals surface area contributed by atoms with E-state index in [4.69, 9.17) is 5.26 Å². The van der Waals surface area contributed by atoms with Crippen LogP contribution in [0.3, 0.4) is 0 Å². The Bertz CT molecular complexity index is 472. The highest BCUT2D eigenvalue weighted by Crippen LogP contribution is 2.26. The number of nitrogens with zero attached hydrogens (tertiary/aromatic N) is 2. The Labute approximate surface area is 107 Å². The highest BCUT2D eigenvalue weighted by molar-refractivity contribution is 5.77. The van der Waals surface area contributed by atoms with Crippen LogP contribution in [0.5, 0.6) is 0 Å². The lowest BCUT2D eigenvalue weighted by atomic mass is 9.98. The van der Waals surface area contributed by atoms with Gasteiger partial charge in [-0.25, -0.2) is 0 Å². The fraction of sp³-hybridized carbons (Fsp3) is 0.429. The summed E-state index contributed by atoms with van der Waals surface area (Å²) in [7, 11) is 1.79. The second-order valence-corrected chi connectivity index (χ2v) is 4.88. The number of nitriles is 1. The zero-order chi connectivity index (χ0) is 13.9. The maximum atomic E-state index is 11.2. The van der Waals surface area contributed by atoms with Gasteiger partial charge in [-0.3, -0.25) is 9.69 Å². The molecule has 0 aromatic heterocycles. The lowest BCUT2D eigenvalue weighted by Crippen LogP contribution is -2.48. The molecule has 1 unspecified atom stereocenters. The largest absolute Gasteiger partial charge is 0.480 e. The van der Waals surface area contributed by atoms with Crippen LogP contribution >= 0.6 is 0 Å². The van der Waals surface area contributed by atoms with E-state index in [-0.39, 0.29) is 6.04 Å². The van der Waals surface area contributed by atoms with Crippen LogP contribution in [-0.2, 0) is 4.79 Å². The van der Waals surface area contributed by atoms with Gasteiger partial charge < -0.3 is 5.11 Å². The van der Waals surface area contributed by atoms with E-state index in [1.54, 1.807) is 37.9 Å². The van der Waals surface area contributed by atoms with E-state index in [1.807, 2.05) is 19.1 Å². The number of carboxylic acid groups (broad SMARTS) is 1. The zero-order valence-electron chi connectivity index (χ0n) is 11.1. The molecular formula is C14H18N2O2. The summed E-state index contributed by atoms with van der Waals surface area (Å²) in [4.78, 5) is 13.0. The molecule has 1 N–H and O–H groups in total. The molecule has 0 aliphatic carbocycles. The van der Waals surface area contributed by atoms with Gasteiger partial charge in [0.05, 0.1) is 11.6 Å². The predicted octanol–water partition coefficient (Wildman–Crippen LogP) is 2.41. The molecule has 1 aromatic rings. The van der Waals surface area contributed by atoms with Crippen molar-refractivity contribution in [3.63, 3.8) is 0 Å². The molecule has 0 saturated heterocycles. The molecule has 4 heteroatoms. The van der Waals surface area contributed by atoms with Gasteiger partial charge >= 0.3 is 5.97 Å². The zero-order valence-corrected chi connectivity index (χ0v) is 11.1. The van der Waals surface area contributed by atoms with Gasteiger partial charge in [0.1, 0.15) is 5.54 Å². The van der Waals surface area contributed by atoms with Gasteiger partial charge in [0.15, 0.2) is 0 Å². The first kappa shape index (κ1) is 14.2. The van der Waals surface area contributed by atoms with Gasteiger partial charge in [-0.2, -0.15) is 5.26 Å². The second-order valence-electron chi connectivity index (χ2n) is 4.88. The van der Waals surface area contributed by atoms with Gasteiger partial charge in [-0.1, -0.05) is 12.1 Å². The Morgan fingerprint density at radius 1 is 1.39 bits per heavy atom. The van der Waals surface area contributed by atoms with Crippen LogP contribution in [0, 0.1) is 11.3 Å². The van der Waals surface area contributed by atoms with Crippen LogP contribution in [-0.4, -0.2) is 28.6 Å². The van der Waals surface area contributed by atoms with E-state index >= 15 is 0 Å². The Morgan fingerprint density at radius 3 is 2.28 bits per heavy atom. The fourth-order valence-electron chi connectivity index (χ4n) is 1.69. The molecule has 0 radical (unpaired) electrons. The van der Waals surface area contributed by atoms with Gasteiger partial charge in [0.25, 0.3) is 0 Å². The molecule has 0 fully saturated rings. The SMILES string of the molecule is CC(c1ccc(C#N)cc1)N(C)C(C)(C)C(=O)O. The average Bonchev–Trinajstić information content (AvgIpc) is 2.36. The smallest absolute Gasteiger partial charge is 0.323 e. The Balaban J connectivity index is 2.96. The molecule has 96 valence electrons. The molecule has 1 atom stereocenters. The van der Waals surface area contributed by atoms with Crippen molar-refractivity contribution in [1.82, 2.24) is 4.90 Å². The Kier molecular flexibility index (Phi) is 4.10. The van der Waals surface area contributed by atoms with Crippen molar-refractivity contribution >= 4 is 5.97 Å². The summed E-state index contributed by atoms with van der Waals surface area (Å²) in [5.41, 5.74) is 0.657. The molecule has 1 aromatic carbocycles. The van der Waals surface area contributed by atoms with Gasteiger partial charge in [0, 0.05) is 6.04 Å². The summed E-state index contributed by atoms with van der Waals surface area (Å²) in [6, 6.07) is 9.23. The predicted molar refractivity (Wildman–Crippen MR) is 69.0 cm³/mol. The lowest BCUT2D eigenvalue weighted by molar-refractivity contribution is -0.149. The highest BCUT2D eigenvalue weighted by atomic mass is 16.4. The molecule has 0 bridgehead atoms. The van der Waals surface area contributed by atoms with E-state index in [2.05, 4.69) is 6.07 Å². The van der Waals surface area contributed by atoms with E-state index in [1.165, 1.54) is 0 Å². The lowest BCUT2D eigenvalue weighted by Gasteiger charge is -2.36. The standard InChI is InChI=1S/C14H18N2O2/c1-10(16(4)14(2,3)13(17)18)12-7-5-11(9-15)6-8-12/h5-8,10H,1-4H3,(H,17,18). The van der Waals surface area contributed by atoms with Crippen molar-refractivity contribution in [2.45, 2.75) is 32.4 Å². The van der Waals surface area contributed by atoms with Crippen molar-refractivity contribution in [2.75, 3.05) is 7.05 Å². The second kappa shape index (κ2) is 5.19. The van der Waals surface area contributed by atoms with Crippen LogP contribution in [0.1, 0.15) is 37.9 Å². The molecule has 0 spiro atoms. The van der Waals surface area contributed by atoms with E-state index in [0.29, 0.717) is 5.56 Å². The van der Waals surface area contributed by atoms with Crippen molar-refractivity contribution in [3.8, 4) is 6.07 Å². The number of hydrogen-bond acceptors (Lipinski definition) is 3. The van der Waals surface area contributed by atoms with Gasteiger partial charge in [-0.05, 0) is 45.5 Å². The summed E-state index contributed by atoms with van der Waals surface area (Å²) in [5.74, 6) is -0.856. The van der Waals surface area contributed by atoms with Crippen molar-refractivity contribution in [1.29, 1.82) is 5.26 Å². The molecule has 0 aliphatic heterocycles. The quantitative estimate of drug-likeness (QED) is 0.886. The summed E-state index contributed by atoms with van der Waals surface area (Å²) in [6.45, 7) is 5.30. The number of carbonyl (C=O) groups is 1. The van der Waals surface area contributed by atoms with Gasteiger partial charge in [0.2, 0.25) is 0 Å². The molecule has 4 nitrogen and oxygen atoms in total. The summed E-state index contributed by atoms with van der Waals surface area (Å²) >= 11 is 0. The first-order valence-electron chi connectivity index (χ1n) is 5.77. The molecule has 18 heavy (non-hydrogen) atoms. The summed E-state index contributed by atoms with van der Waals surface area (Å²) in [5, 5.41) is 17.9. The number of rotatable bonds is 4. The topological polar surface area (TPSA) is 64.3 Å². The number of aliphatic carboxylic acids is 1. The van der Waals surface area contributed by atoms with Crippen LogP contribution in [0.15, 0.2) is 24.3 Å². The van der Waals surface area contributed by atoms with Crippen LogP contribution < -0.4 is 0 Å². The highest BCUT2D eigenvalue weighted by Gasteiger charge is 2.35. The van der Waals surface area contributed by atoms with Crippen LogP contribution in [0.25, 0.3) is 0 Å². The van der Waals surface area contributed by atoms with Crippen molar-refractivity contribution in [2.24, 2.45) is 0 Å². The average molecular weight is 246 g/mol. The first-order chi connectivity index (χ1) is 8.30. The molecular weight excluding hydrogens is 228 g/mol. The number of likely N-dealkylation sites (N-methyl/N-ethyl adjacent to an activating group) is 1. The monoisotopic (exact) mass is 246 g/mol. The Morgan fingerprint density at radius 2 is 1.89 bits per heavy atom. The van der Waals surface area contributed by atoms with E-state index in [9.17, 15) is 9.90 Å². The van der Waals surface area contributed by atoms with Crippen LogP contribution in [0.4, 0.5) is 0 Å². The summed E-state index contributed by atoms with van der Waals surface area (Å²) in [6.07, 6.45) is 0. The van der Waals surface area contributed by atoms with Crippen LogP contribution in [0.2, 0.25) is 0 Å². The third kappa shape index (κ3) is 2.69. The number of benzene rings is 1. The minimum absolute atomic E-state index is 0.0381. The van der Waals surface area contributed by atoms with Gasteiger partial charge in [-0.15, -0.1) is 0 Å². The maximum absolute atomic E-state index is 11.2. The van der Waals surface area contributed by atoms with Crippen molar-refractivity contribution < 1.29 is 9.90 Å². The molecule has 0 amide bonds. The minimum atomic E-state index is -0.937. The van der Waals surface area contributed by atoms with Crippen molar-refractivity contribution in [3.05, 3.63) is 35.4 Å². The van der Waals surface area contributed by atoms with E-state index < -0.39 is 11.5 Å².